The zero-order valence-corrected chi connectivity index (χ0v) is 41.1. The van der Waals surface area contributed by atoms with Crippen LogP contribution in [0, 0.1) is 13.8 Å². The molecule has 2 heterocycles. The first-order chi connectivity index (χ1) is 35.9. The van der Waals surface area contributed by atoms with Gasteiger partial charge in [-0.25, -0.2) is 9.97 Å². The molecule has 0 radical (unpaired) electrons. The number of benzene rings is 6. The van der Waals surface area contributed by atoms with Gasteiger partial charge in [-0.15, -0.1) is 0 Å². The Hall–Kier alpha value is -8.42. The molecule has 2 amide bonds. The zero-order valence-electron chi connectivity index (χ0n) is 41.1. The molecule has 6 aromatic carbocycles. The number of methoxy groups -OCH3 is 1. The standard InChI is InChI=1S/C28H28F3N5O2.C27H26F3N5O2/c1-17-13-20(9-10-21(17)27(37)35-18-7-8-18)36-16-33-26-23(32-12-11-28(29,30)31)14-19(15-24(26)36)34-22-5-3-4-6-25(22)38-2;1-16-12-19(8-9-20(16)26(37)34-17-6-7-17)35-15-32-25-22(31-11-10-27(28,29)30)13-18(14-23(25)35)33-21-4-2-3-5-24(21)36/h3-6,9-10,13-16,18,32,34H,7-8,11-12H2,1-2H3,(H,35,37);2-5,8-9,12-15,17,31,33,36H,6-7,10-11H2,1H3,(H,34,37). The Balaban J connectivity index is 0.000000184. The minimum absolute atomic E-state index is 0.0402. The zero-order chi connectivity index (χ0) is 53.0. The molecule has 14 nitrogen and oxygen atoms in total. The number of halogens is 6. The number of nitrogens with zero attached hydrogens (tertiary/aromatic N) is 4. The molecule has 2 aliphatic rings. The summed E-state index contributed by atoms with van der Waals surface area (Å²) in [6.07, 6.45) is -3.28. The molecule has 0 unspecified atom stereocenters. The highest BCUT2D eigenvalue weighted by Gasteiger charge is 2.29. The van der Waals surface area contributed by atoms with Crippen LogP contribution >= 0.6 is 0 Å². The number of hydrogen-bond acceptors (Lipinski definition) is 10. The molecular weight excluding hydrogens is 979 g/mol. The largest absolute Gasteiger partial charge is 0.506 e. The summed E-state index contributed by atoms with van der Waals surface area (Å²) < 4.78 is 85.9. The lowest BCUT2D eigenvalue weighted by molar-refractivity contribution is -0.132. The SMILES string of the molecule is COc1ccccc1Nc1cc(NCCC(F)(F)F)c2ncn(-c3ccc(C(=O)NC4CC4)c(C)c3)c2c1.Cc1cc(-n2cnc3c(NCCC(F)(F)F)cc(Nc4ccccc4O)cc32)ccc1C(=O)NC1CC1. The number of rotatable bonds is 17. The average Bonchev–Trinajstić information content (AvgIpc) is 4.28. The van der Waals surface area contributed by atoms with Crippen molar-refractivity contribution in [3.8, 4) is 22.9 Å². The quantitative estimate of drug-likeness (QED) is 0.0344. The molecule has 0 aliphatic heterocycles. The average molecular weight is 1030 g/mol. The maximum absolute atomic E-state index is 12.8. The van der Waals surface area contributed by atoms with E-state index in [0.29, 0.717) is 73.1 Å². The van der Waals surface area contributed by atoms with Gasteiger partial charge in [0, 0.05) is 59.0 Å². The van der Waals surface area contributed by atoms with Crippen LogP contribution in [-0.4, -0.2) is 80.7 Å². The molecule has 2 fully saturated rings. The van der Waals surface area contributed by atoms with Crippen LogP contribution in [-0.2, 0) is 0 Å². The van der Waals surface area contributed by atoms with E-state index >= 15 is 0 Å². The maximum atomic E-state index is 12.8. The van der Waals surface area contributed by atoms with Gasteiger partial charge in [-0.3, -0.25) is 18.7 Å². The van der Waals surface area contributed by atoms with E-state index in [9.17, 15) is 41.0 Å². The number of alkyl halides is 6. The lowest BCUT2D eigenvalue weighted by atomic mass is 10.1. The fourth-order valence-corrected chi connectivity index (χ4v) is 8.46. The summed E-state index contributed by atoms with van der Waals surface area (Å²) >= 11 is 0. The van der Waals surface area contributed by atoms with E-state index in [0.717, 1.165) is 48.2 Å². The highest BCUT2D eigenvalue weighted by molar-refractivity contribution is 5.98. The number of anilines is 6. The summed E-state index contributed by atoms with van der Waals surface area (Å²) in [5, 5.41) is 28.4. The van der Waals surface area contributed by atoms with Gasteiger partial charge in [-0.2, -0.15) is 26.3 Å². The molecule has 390 valence electrons. The third-order valence-electron chi connectivity index (χ3n) is 12.6. The molecule has 0 saturated heterocycles. The normalized spacial score (nSPS) is 13.5. The second kappa shape index (κ2) is 21.6. The van der Waals surface area contributed by atoms with Gasteiger partial charge in [0.2, 0.25) is 0 Å². The number of aryl methyl sites for hydroxylation is 2. The summed E-state index contributed by atoms with van der Waals surface area (Å²) in [6.45, 7) is 3.14. The molecule has 2 aliphatic carbocycles. The van der Waals surface area contributed by atoms with Gasteiger partial charge < -0.3 is 41.7 Å². The van der Waals surface area contributed by atoms with E-state index in [-0.39, 0.29) is 42.7 Å². The predicted molar refractivity (Wildman–Crippen MR) is 279 cm³/mol. The Morgan fingerprint density at radius 3 is 1.47 bits per heavy atom. The number of hydrogen-bond donors (Lipinski definition) is 7. The number of aromatic hydroxyl groups is 1. The fraction of sp³-hybridized carbons (Fsp3) is 0.273. The van der Waals surface area contributed by atoms with E-state index in [4.69, 9.17) is 4.74 Å². The van der Waals surface area contributed by atoms with Crippen LogP contribution < -0.4 is 36.6 Å². The van der Waals surface area contributed by atoms with Crippen LogP contribution in [0.2, 0.25) is 0 Å². The van der Waals surface area contributed by atoms with Crippen molar-refractivity contribution in [2.75, 3.05) is 41.5 Å². The lowest BCUT2D eigenvalue weighted by Crippen LogP contribution is -2.26. The minimum Gasteiger partial charge on any atom is -0.506 e. The Morgan fingerprint density at radius 2 is 1.04 bits per heavy atom. The smallest absolute Gasteiger partial charge is 0.390 e. The Kier molecular flexibility index (Phi) is 14.8. The van der Waals surface area contributed by atoms with E-state index in [2.05, 4.69) is 41.9 Å². The van der Waals surface area contributed by atoms with Crippen LogP contribution in [0.4, 0.5) is 60.5 Å². The molecule has 2 saturated carbocycles. The molecule has 0 bridgehead atoms. The van der Waals surface area contributed by atoms with Crippen molar-refractivity contribution in [3.63, 3.8) is 0 Å². The van der Waals surface area contributed by atoms with Crippen molar-refractivity contribution in [1.82, 2.24) is 29.7 Å². The molecular formula is C55H54F6N10O4. The van der Waals surface area contributed by atoms with Gasteiger partial charge in [0.25, 0.3) is 11.8 Å². The van der Waals surface area contributed by atoms with Gasteiger partial charge in [0.15, 0.2) is 0 Å². The Bertz CT molecular complexity index is 3380. The lowest BCUT2D eigenvalue weighted by Gasteiger charge is -2.15. The van der Waals surface area contributed by atoms with E-state index in [1.807, 2.05) is 83.6 Å². The molecule has 10 rings (SSSR count). The molecule has 2 aromatic heterocycles. The number of carbonyl (C=O) groups excluding carboxylic acids is 2. The molecule has 0 atom stereocenters. The molecule has 8 aromatic rings. The van der Waals surface area contributed by atoms with Gasteiger partial charge in [-0.1, -0.05) is 24.3 Å². The second-order valence-corrected chi connectivity index (χ2v) is 18.6. The summed E-state index contributed by atoms with van der Waals surface area (Å²) in [6, 6.07) is 32.7. The summed E-state index contributed by atoms with van der Waals surface area (Å²) in [5.41, 5.74) is 9.98. The summed E-state index contributed by atoms with van der Waals surface area (Å²) in [4.78, 5) is 34.1. The molecule has 0 spiro atoms. The Labute approximate surface area is 427 Å². The molecule has 7 N–H and O–H groups in total. The van der Waals surface area contributed by atoms with Crippen LogP contribution in [0.25, 0.3) is 33.4 Å². The van der Waals surface area contributed by atoms with Crippen LogP contribution in [0.5, 0.6) is 11.5 Å². The summed E-state index contributed by atoms with van der Waals surface area (Å²) in [7, 11) is 1.57. The number of fused-ring (bicyclic) bond motifs is 2. The van der Waals surface area contributed by atoms with Crippen molar-refractivity contribution in [1.29, 1.82) is 0 Å². The topological polar surface area (TPSA) is 171 Å². The van der Waals surface area contributed by atoms with Crippen molar-refractivity contribution >= 4 is 68.0 Å². The number of aromatic nitrogens is 4. The first kappa shape index (κ1) is 51.5. The number of imidazole rings is 2. The van der Waals surface area contributed by atoms with Crippen molar-refractivity contribution in [3.05, 3.63) is 144 Å². The first-order valence-electron chi connectivity index (χ1n) is 24.3. The Morgan fingerprint density at radius 1 is 0.600 bits per heavy atom. The number of amides is 2. The maximum Gasteiger partial charge on any atom is 0.390 e. The second-order valence-electron chi connectivity index (χ2n) is 18.6. The number of phenolic OH excluding ortho intramolecular Hbond substituents is 1. The van der Waals surface area contributed by atoms with Crippen molar-refractivity contribution in [2.24, 2.45) is 0 Å². The first-order valence-corrected chi connectivity index (χ1v) is 24.3. The van der Waals surface area contributed by atoms with Gasteiger partial charge >= 0.3 is 12.4 Å². The van der Waals surface area contributed by atoms with Gasteiger partial charge in [0.1, 0.15) is 35.2 Å². The van der Waals surface area contributed by atoms with E-state index in [1.165, 1.54) is 6.07 Å². The number of ether oxygens (including phenoxy) is 1. The van der Waals surface area contributed by atoms with E-state index in [1.54, 1.807) is 62.2 Å². The third kappa shape index (κ3) is 12.9. The fourth-order valence-electron chi connectivity index (χ4n) is 8.46. The highest BCUT2D eigenvalue weighted by Crippen LogP contribution is 2.36. The number of carbonyl (C=O) groups is 2. The number of nitrogens with one attached hydrogen (secondary N) is 6. The van der Waals surface area contributed by atoms with Crippen molar-refractivity contribution < 1.29 is 45.8 Å². The van der Waals surface area contributed by atoms with Crippen LogP contribution in [0.1, 0.15) is 70.4 Å². The van der Waals surface area contributed by atoms with E-state index < -0.39 is 25.2 Å². The van der Waals surface area contributed by atoms with Crippen LogP contribution in [0.3, 0.4) is 0 Å². The van der Waals surface area contributed by atoms with Gasteiger partial charge in [-0.05, 0) is 136 Å². The number of para-hydroxylation sites is 4. The molecule has 20 heteroatoms. The third-order valence-corrected chi connectivity index (χ3v) is 12.6. The summed E-state index contributed by atoms with van der Waals surface area (Å²) in [5.74, 6) is 0.473. The van der Waals surface area contributed by atoms with Crippen molar-refractivity contribution in [2.45, 2.75) is 76.8 Å². The predicted octanol–water partition coefficient (Wildman–Crippen LogP) is 12.4. The molecule has 75 heavy (non-hydrogen) atoms. The highest BCUT2D eigenvalue weighted by atomic mass is 19.4. The number of phenols is 1. The minimum atomic E-state index is -4.29. The van der Waals surface area contributed by atoms with Gasteiger partial charge in [0.05, 0.1) is 53.7 Å². The van der Waals surface area contributed by atoms with Crippen LogP contribution in [0.15, 0.2) is 122 Å². The monoisotopic (exact) mass is 1030 g/mol.